The van der Waals surface area contributed by atoms with Crippen LogP contribution >= 0.6 is 12.4 Å². The Kier molecular flexibility index (Phi) is 6.42. The van der Waals surface area contributed by atoms with Gasteiger partial charge in [0.1, 0.15) is 6.04 Å². The molecule has 1 unspecified atom stereocenters. The van der Waals surface area contributed by atoms with Crippen molar-refractivity contribution in [2.45, 2.75) is 31.7 Å². The van der Waals surface area contributed by atoms with Crippen molar-refractivity contribution in [1.29, 1.82) is 0 Å². The van der Waals surface area contributed by atoms with Gasteiger partial charge >= 0.3 is 5.97 Å². The van der Waals surface area contributed by atoms with E-state index in [4.69, 9.17) is 10.5 Å². The summed E-state index contributed by atoms with van der Waals surface area (Å²) in [6, 6.07) is 2.98. The lowest BCUT2D eigenvalue weighted by molar-refractivity contribution is -0.154. The average molecular weight is 314 g/mol. The Balaban J connectivity index is 0.00000220. The highest BCUT2D eigenvalue weighted by Gasteiger charge is 2.32. The molecular weight excluding hydrogens is 294 g/mol. The fraction of sp³-hybridized carbons (Fsp3) is 0.500. The Labute approximate surface area is 130 Å². The molecule has 0 bridgehead atoms. The number of likely N-dealkylation sites (tertiary alicyclic amines) is 1. The maximum Gasteiger partial charge on any atom is 0.328 e. The molecule has 1 aliphatic rings. The van der Waals surface area contributed by atoms with E-state index in [1.165, 1.54) is 13.3 Å². The number of amides is 1. The van der Waals surface area contributed by atoms with Crippen LogP contribution in [0.25, 0.3) is 0 Å². The molecule has 1 aliphatic heterocycles. The number of anilines is 1. The first-order valence-corrected chi connectivity index (χ1v) is 6.69. The van der Waals surface area contributed by atoms with E-state index in [9.17, 15) is 9.59 Å². The molecule has 1 aromatic rings. The molecule has 0 radical (unpaired) electrons. The summed E-state index contributed by atoms with van der Waals surface area (Å²) in [5, 5.41) is 0. The van der Waals surface area contributed by atoms with Gasteiger partial charge < -0.3 is 15.4 Å². The molecule has 6 nitrogen and oxygen atoms in total. The summed E-state index contributed by atoms with van der Waals surface area (Å²) in [7, 11) is 1.35. The van der Waals surface area contributed by atoms with Crippen LogP contribution in [0.15, 0.2) is 18.3 Å². The lowest BCUT2D eigenvalue weighted by Crippen LogP contribution is -2.49. The van der Waals surface area contributed by atoms with E-state index in [1.807, 2.05) is 0 Å². The van der Waals surface area contributed by atoms with Crippen molar-refractivity contribution in [1.82, 2.24) is 9.88 Å². The van der Waals surface area contributed by atoms with E-state index in [0.717, 1.165) is 12.8 Å². The zero-order chi connectivity index (χ0) is 14.5. The number of nitrogens with two attached hydrogens (primary N) is 1. The number of hydrogen-bond donors (Lipinski definition) is 1. The topological polar surface area (TPSA) is 85.5 Å². The third-order valence-corrected chi connectivity index (χ3v) is 3.48. The maximum absolute atomic E-state index is 12.3. The second kappa shape index (κ2) is 7.83. The first-order chi connectivity index (χ1) is 9.61. The van der Waals surface area contributed by atoms with Gasteiger partial charge in [-0.1, -0.05) is 0 Å². The van der Waals surface area contributed by atoms with Crippen LogP contribution in [0.3, 0.4) is 0 Å². The number of aromatic nitrogens is 1. The number of methoxy groups -OCH3 is 1. The summed E-state index contributed by atoms with van der Waals surface area (Å²) >= 11 is 0. The minimum Gasteiger partial charge on any atom is -0.467 e. The number of carbonyl (C=O) groups excluding carboxylic acids is 2. The smallest absolute Gasteiger partial charge is 0.328 e. The molecule has 2 N–H and O–H groups in total. The van der Waals surface area contributed by atoms with E-state index in [2.05, 4.69) is 4.98 Å². The van der Waals surface area contributed by atoms with Crippen molar-refractivity contribution in [3.63, 3.8) is 0 Å². The highest BCUT2D eigenvalue weighted by atomic mass is 35.5. The van der Waals surface area contributed by atoms with Crippen molar-refractivity contribution in [3.05, 3.63) is 24.0 Å². The predicted octanol–water partition coefficient (Wildman–Crippen LogP) is 1.18. The van der Waals surface area contributed by atoms with Crippen molar-refractivity contribution in [2.75, 3.05) is 19.4 Å². The first-order valence-electron chi connectivity index (χ1n) is 6.69. The molecule has 0 aliphatic carbocycles. The second-order valence-electron chi connectivity index (χ2n) is 4.88. The minimum absolute atomic E-state index is 0. The van der Waals surface area contributed by atoms with Crippen LogP contribution in [-0.4, -0.2) is 41.5 Å². The lowest BCUT2D eigenvalue weighted by Gasteiger charge is -2.33. The molecule has 21 heavy (non-hydrogen) atoms. The van der Waals surface area contributed by atoms with E-state index >= 15 is 0 Å². The van der Waals surface area contributed by atoms with Gasteiger partial charge in [0.2, 0.25) is 5.91 Å². The number of halogens is 1. The number of rotatable bonds is 3. The number of nitrogens with zero attached hydrogens (tertiary/aromatic N) is 2. The fourth-order valence-electron chi connectivity index (χ4n) is 2.41. The number of carbonyl (C=O) groups is 2. The van der Waals surface area contributed by atoms with E-state index in [0.29, 0.717) is 24.3 Å². The quantitative estimate of drug-likeness (QED) is 0.847. The Bertz CT molecular complexity index is 493. The maximum atomic E-state index is 12.3. The minimum atomic E-state index is -0.463. The zero-order valence-corrected chi connectivity index (χ0v) is 12.8. The first kappa shape index (κ1) is 17.2. The fourth-order valence-corrected chi connectivity index (χ4v) is 2.41. The van der Waals surface area contributed by atoms with E-state index < -0.39 is 6.04 Å². The molecule has 1 atom stereocenters. The summed E-state index contributed by atoms with van der Waals surface area (Å²) in [4.78, 5) is 29.8. The van der Waals surface area contributed by atoms with Gasteiger partial charge in [-0.15, -0.1) is 12.4 Å². The Morgan fingerprint density at radius 3 is 2.81 bits per heavy atom. The molecule has 0 saturated carbocycles. The molecule has 0 aromatic carbocycles. The molecule has 1 fully saturated rings. The molecule has 116 valence electrons. The van der Waals surface area contributed by atoms with Gasteiger partial charge in [0.25, 0.3) is 0 Å². The summed E-state index contributed by atoms with van der Waals surface area (Å²) < 4.78 is 4.77. The standard InChI is InChI=1S/C14H19N3O3.ClH/c1-20-14(19)12-4-2-3-7-17(12)13(18)8-11-6-5-10(15)9-16-11;/h5-6,9,12H,2-4,7-8,15H2,1H3;1H. The SMILES string of the molecule is COC(=O)C1CCCCN1C(=O)Cc1ccc(N)cn1.Cl. The Morgan fingerprint density at radius 2 is 2.19 bits per heavy atom. The molecule has 7 heteroatoms. The van der Waals surface area contributed by atoms with Crippen LogP contribution in [0.2, 0.25) is 0 Å². The number of hydrogen-bond acceptors (Lipinski definition) is 5. The number of nitrogen functional groups attached to an aromatic ring is 1. The summed E-state index contributed by atoms with van der Waals surface area (Å²) in [5.74, 6) is -0.444. The molecule has 1 saturated heterocycles. The second-order valence-corrected chi connectivity index (χ2v) is 4.88. The van der Waals surface area contributed by atoms with Gasteiger partial charge in [0.05, 0.1) is 25.4 Å². The van der Waals surface area contributed by atoms with Crippen molar-refractivity contribution in [2.24, 2.45) is 0 Å². The van der Waals surface area contributed by atoms with Crippen molar-refractivity contribution >= 4 is 30.0 Å². The highest BCUT2D eigenvalue weighted by molar-refractivity contribution is 5.86. The van der Waals surface area contributed by atoms with E-state index in [-0.39, 0.29) is 30.7 Å². The number of piperidine rings is 1. The lowest BCUT2D eigenvalue weighted by atomic mass is 10.0. The largest absolute Gasteiger partial charge is 0.467 e. The van der Waals surface area contributed by atoms with Gasteiger partial charge in [-0.2, -0.15) is 0 Å². The van der Waals surface area contributed by atoms with E-state index in [1.54, 1.807) is 17.0 Å². The molecular formula is C14H20ClN3O3. The summed E-state index contributed by atoms with van der Waals surface area (Å²) in [6.07, 6.45) is 4.20. The third-order valence-electron chi connectivity index (χ3n) is 3.48. The van der Waals surface area contributed by atoms with Gasteiger partial charge in [-0.3, -0.25) is 9.78 Å². The number of esters is 1. The third kappa shape index (κ3) is 4.32. The van der Waals surface area contributed by atoms with Crippen LogP contribution in [0.4, 0.5) is 5.69 Å². The van der Waals surface area contributed by atoms with Crippen molar-refractivity contribution < 1.29 is 14.3 Å². The van der Waals surface area contributed by atoms with Gasteiger partial charge in [0, 0.05) is 12.2 Å². The number of ether oxygens (including phenoxy) is 1. The molecule has 0 spiro atoms. The predicted molar refractivity (Wildman–Crippen MR) is 81.0 cm³/mol. The number of pyridine rings is 1. The van der Waals surface area contributed by atoms with Crippen LogP contribution < -0.4 is 5.73 Å². The molecule has 1 aromatic heterocycles. The zero-order valence-electron chi connectivity index (χ0n) is 11.9. The summed E-state index contributed by atoms with van der Waals surface area (Å²) in [6.45, 7) is 0.591. The van der Waals surface area contributed by atoms with Gasteiger partial charge in [0.15, 0.2) is 0 Å². The van der Waals surface area contributed by atoms with Crippen LogP contribution in [0, 0.1) is 0 Å². The van der Waals surface area contributed by atoms with Crippen LogP contribution in [-0.2, 0) is 20.7 Å². The Morgan fingerprint density at radius 1 is 1.43 bits per heavy atom. The van der Waals surface area contributed by atoms with Gasteiger partial charge in [-0.05, 0) is 31.4 Å². The average Bonchev–Trinajstić information content (AvgIpc) is 2.48. The molecule has 2 heterocycles. The molecule has 2 rings (SSSR count). The molecule has 1 amide bonds. The van der Waals surface area contributed by atoms with Crippen molar-refractivity contribution in [3.8, 4) is 0 Å². The van der Waals surface area contributed by atoms with Crippen LogP contribution in [0.5, 0.6) is 0 Å². The summed E-state index contributed by atoms with van der Waals surface area (Å²) in [5.41, 5.74) is 6.77. The highest BCUT2D eigenvalue weighted by Crippen LogP contribution is 2.19. The van der Waals surface area contributed by atoms with Crippen LogP contribution in [0.1, 0.15) is 25.0 Å². The Hall–Kier alpha value is -1.82. The normalized spacial score (nSPS) is 17.8. The monoisotopic (exact) mass is 313 g/mol. The van der Waals surface area contributed by atoms with Gasteiger partial charge in [-0.25, -0.2) is 4.79 Å².